The van der Waals surface area contributed by atoms with Gasteiger partial charge in [0.05, 0.1) is 9.92 Å². The maximum Gasteiger partial charge on any atom is 0.317 e. The van der Waals surface area contributed by atoms with Crippen molar-refractivity contribution in [2.24, 2.45) is 0 Å². The minimum Gasteiger partial charge on any atom is -0.243 e. The third-order valence-electron chi connectivity index (χ3n) is 2.93. The summed E-state index contributed by atoms with van der Waals surface area (Å²) >= 11 is 1.29. The van der Waals surface area contributed by atoms with Crippen LogP contribution in [0.1, 0.15) is 11.1 Å². The molecular weight excluding hydrogens is 330 g/mol. The first-order valence-electron chi connectivity index (χ1n) is 6.76. The van der Waals surface area contributed by atoms with E-state index in [0.29, 0.717) is 5.03 Å². The third kappa shape index (κ3) is 4.99. The fourth-order valence-electron chi connectivity index (χ4n) is 1.69. The van der Waals surface area contributed by atoms with Crippen molar-refractivity contribution in [3.8, 4) is 0 Å². The van der Waals surface area contributed by atoms with E-state index in [1.54, 1.807) is 18.2 Å². The lowest BCUT2D eigenvalue weighted by molar-refractivity contribution is 0.246. The maximum atomic E-state index is 12.1. The molecule has 0 heterocycles. The topological polar surface area (TPSA) is 55.4 Å². The van der Waals surface area contributed by atoms with E-state index in [9.17, 15) is 8.42 Å². The molecule has 2 aromatic rings. The van der Waals surface area contributed by atoms with Crippen LogP contribution in [0, 0.1) is 6.92 Å². The summed E-state index contributed by atoms with van der Waals surface area (Å²) in [5.74, 6) is 0. The Hall–Kier alpha value is -2.02. The van der Waals surface area contributed by atoms with Crippen molar-refractivity contribution in [3.05, 3.63) is 77.8 Å². The van der Waals surface area contributed by atoms with Crippen LogP contribution in [0.2, 0.25) is 0 Å². The number of aryl methyl sites for hydroxylation is 1. The Morgan fingerprint density at radius 1 is 1.13 bits per heavy atom. The molecule has 1 N–H and O–H groups in total. The van der Waals surface area contributed by atoms with Gasteiger partial charge in [0.2, 0.25) is 0 Å². The van der Waals surface area contributed by atoms with Crippen LogP contribution in [0.3, 0.4) is 0 Å². The summed E-state index contributed by atoms with van der Waals surface area (Å²) in [6, 6.07) is 14.0. The lowest BCUT2D eigenvalue weighted by atomic mass is 10.2. The summed E-state index contributed by atoms with van der Waals surface area (Å²) in [6.07, 6.45) is 1.63. The minimum atomic E-state index is -3.90. The van der Waals surface area contributed by atoms with Gasteiger partial charge < -0.3 is 0 Å². The van der Waals surface area contributed by atoms with Crippen molar-refractivity contribution in [1.29, 1.82) is 0 Å². The van der Waals surface area contributed by atoms with Crippen molar-refractivity contribution in [2.45, 2.75) is 16.7 Å². The molecule has 0 aliphatic rings. The van der Waals surface area contributed by atoms with Crippen LogP contribution < -0.4 is 5.48 Å². The molecule has 0 radical (unpaired) electrons. The quantitative estimate of drug-likeness (QED) is 0.603. The first-order chi connectivity index (χ1) is 10.9. The van der Waals surface area contributed by atoms with Gasteiger partial charge in [0.25, 0.3) is 0 Å². The molecule has 4 nitrogen and oxygen atoms in total. The largest absolute Gasteiger partial charge is 0.317 e. The van der Waals surface area contributed by atoms with Gasteiger partial charge in [-0.2, -0.15) is 8.42 Å². The first-order valence-corrected chi connectivity index (χ1v) is 8.98. The average Bonchev–Trinajstić information content (AvgIpc) is 2.55. The molecule has 6 heteroatoms. The van der Waals surface area contributed by atoms with Crippen LogP contribution in [0.25, 0.3) is 6.08 Å². The molecule has 23 heavy (non-hydrogen) atoms. The summed E-state index contributed by atoms with van der Waals surface area (Å²) in [5, 5.41) is 0.375. The Morgan fingerprint density at radius 3 is 2.30 bits per heavy atom. The Morgan fingerprint density at radius 2 is 1.74 bits per heavy atom. The minimum absolute atomic E-state index is 0.0590. The molecular formula is C17H17NO3S2. The van der Waals surface area contributed by atoms with Gasteiger partial charge in [0.15, 0.2) is 0 Å². The number of hydrogen-bond donors (Lipinski definition) is 1. The molecule has 0 fully saturated rings. The number of hydroxylamine groups is 1. The number of nitrogens with one attached hydrogen (secondary N) is 1. The lowest BCUT2D eigenvalue weighted by Gasteiger charge is -2.09. The second-order valence-electron chi connectivity index (χ2n) is 4.75. The lowest BCUT2D eigenvalue weighted by Crippen LogP contribution is -2.18. The Bertz CT molecular complexity index is 795. The van der Waals surface area contributed by atoms with Crippen LogP contribution in [0.15, 0.2) is 76.5 Å². The number of hydrogen-bond acceptors (Lipinski definition) is 5. The molecule has 2 aromatic carbocycles. The number of benzene rings is 2. The molecule has 2 rings (SSSR count). The summed E-state index contributed by atoms with van der Waals surface area (Å²) in [5.41, 5.74) is 4.35. The predicted octanol–water partition coefficient (Wildman–Crippen LogP) is 4.11. The van der Waals surface area contributed by atoms with Crippen molar-refractivity contribution >= 4 is 28.0 Å². The monoisotopic (exact) mass is 347 g/mol. The summed E-state index contributed by atoms with van der Waals surface area (Å²) in [6.45, 7) is 9.36. The highest BCUT2D eigenvalue weighted by molar-refractivity contribution is 8.03. The van der Waals surface area contributed by atoms with Gasteiger partial charge in [0, 0.05) is 4.90 Å². The Kier molecular flexibility index (Phi) is 5.65. The van der Waals surface area contributed by atoms with E-state index in [2.05, 4.69) is 18.6 Å². The molecule has 0 aliphatic heterocycles. The highest BCUT2D eigenvalue weighted by Gasteiger charge is 2.15. The molecule has 0 saturated carbocycles. The smallest absolute Gasteiger partial charge is 0.243 e. The molecule has 0 unspecified atom stereocenters. The first kappa shape index (κ1) is 17.3. The van der Waals surface area contributed by atoms with Crippen LogP contribution >= 0.6 is 11.8 Å². The zero-order chi connectivity index (χ0) is 16.9. The van der Waals surface area contributed by atoms with E-state index in [0.717, 1.165) is 16.0 Å². The third-order valence-corrected chi connectivity index (χ3v) is 4.92. The van der Waals surface area contributed by atoms with Gasteiger partial charge in [0.1, 0.15) is 0 Å². The highest BCUT2D eigenvalue weighted by atomic mass is 32.2. The Labute approximate surface area is 141 Å². The predicted molar refractivity (Wildman–Crippen MR) is 94.1 cm³/mol. The second kappa shape index (κ2) is 7.50. The van der Waals surface area contributed by atoms with E-state index in [4.69, 9.17) is 4.28 Å². The fraction of sp³-hybridized carbons (Fsp3) is 0.0588. The number of rotatable bonds is 7. The van der Waals surface area contributed by atoms with Crippen molar-refractivity contribution in [1.82, 2.24) is 5.48 Å². The van der Waals surface area contributed by atoms with Gasteiger partial charge in [-0.3, -0.25) is 0 Å². The van der Waals surface area contributed by atoms with E-state index in [1.165, 1.54) is 23.9 Å². The van der Waals surface area contributed by atoms with E-state index < -0.39 is 10.1 Å². The molecule has 0 bridgehead atoms. The zero-order valence-corrected chi connectivity index (χ0v) is 14.3. The van der Waals surface area contributed by atoms with Crippen LogP contribution in [-0.4, -0.2) is 8.42 Å². The second-order valence-corrected chi connectivity index (χ2v) is 7.47. The standard InChI is InChI=1S/C17H17NO3S2/c1-4-15-7-11-17(12-8-15)23(19,20)21-18-14(3)22-16-9-5-13(2)6-10-16/h4-12,18H,1,3H2,2H3. The zero-order valence-electron chi connectivity index (χ0n) is 12.7. The maximum absolute atomic E-state index is 12.1. The highest BCUT2D eigenvalue weighted by Crippen LogP contribution is 2.24. The van der Waals surface area contributed by atoms with Crippen LogP contribution in [-0.2, 0) is 14.4 Å². The van der Waals surface area contributed by atoms with Crippen LogP contribution in [0.4, 0.5) is 0 Å². The van der Waals surface area contributed by atoms with Gasteiger partial charge in [-0.15, -0.1) is 4.28 Å². The van der Waals surface area contributed by atoms with Gasteiger partial charge in [-0.25, -0.2) is 5.48 Å². The van der Waals surface area contributed by atoms with E-state index in [-0.39, 0.29) is 4.90 Å². The van der Waals surface area contributed by atoms with Gasteiger partial charge in [-0.1, -0.05) is 60.8 Å². The van der Waals surface area contributed by atoms with E-state index in [1.807, 2.05) is 31.2 Å². The Balaban J connectivity index is 1.96. The van der Waals surface area contributed by atoms with Crippen LogP contribution in [0.5, 0.6) is 0 Å². The summed E-state index contributed by atoms with van der Waals surface area (Å²) in [4.78, 5) is 0.994. The molecule has 0 aliphatic carbocycles. The average molecular weight is 347 g/mol. The van der Waals surface area contributed by atoms with E-state index >= 15 is 0 Å². The summed E-state index contributed by atoms with van der Waals surface area (Å²) in [7, 11) is -3.90. The van der Waals surface area contributed by atoms with Gasteiger partial charge >= 0.3 is 10.1 Å². The normalized spacial score (nSPS) is 11.0. The van der Waals surface area contributed by atoms with Crippen molar-refractivity contribution < 1.29 is 12.7 Å². The summed E-state index contributed by atoms with van der Waals surface area (Å²) < 4.78 is 29.0. The molecule has 0 amide bonds. The fourth-order valence-corrected chi connectivity index (χ4v) is 3.16. The van der Waals surface area contributed by atoms with Crippen molar-refractivity contribution in [3.63, 3.8) is 0 Å². The molecule has 0 spiro atoms. The molecule has 0 atom stereocenters. The molecule has 120 valence electrons. The van der Waals surface area contributed by atoms with Gasteiger partial charge in [-0.05, 0) is 36.8 Å². The number of thioether (sulfide) groups is 1. The molecule has 0 saturated heterocycles. The molecule has 0 aromatic heterocycles. The van der Waals surface area contributed by atoms with Crippen molar-refractivity contribution in [2.75, 3.05) is 0 Å². The SMILES string of the molecule is C=Cc1ccc(S(=O)(=O)ONC(=C)Sc2ccc(C)cc2)cc1.